The summed E-state index contributed by atoms with van der Waals surface area (Å²) in [5.74, 6) is -0.0492. The maximum atomic E-state index is 12.6. The number of pyridine rings is 1. The fraction of sp³-hybridized carbons (Fsp3) is 0.250. The van der Waals surface area contributed by atoms with Gasteiger partial charge in [0, 0.05) is 37.8 Å². The summed E-state index contributed by atoms with van der Waals surface area (Å²) in [6.45, 7) is 0.566. The van der Waals surface area contributed by atoms with Gasteiger partial charge in [-0.1, -0.05) is 11.6 Å². The molecule has 11 heteroatoms. The average molecular weight is 416 g/mol. The van der Waals surface area contributed by atoms with Gasteiger partial charge in [-0.2, -0.15) is 23.0 Å². The van der Waals surface area contributed by atoms with Crippen molar-refractivity contribution in [3.63, 3.8) is 0 Å². The number of anilines is 1. The number of aromatic nitrogens is 4. The van der Waals surface area contributed by atoms with E-state index in [-0.39, 0.29) is 10.8 Å². The molecule has 0 fully saturated rings. The largest absolute Gasteiger partial charge is 0.417 e. The van der Waals surface area contributed by atoms with Crippen LogP contribution in [0.3, 0.4) is 0 Å². The zero-order valence-corrected chi connectivity index (χ0v) is 15.5. The van der Waals surface area contributed by atoms with Gasteiger partial charge in [0.1, 0.15) is 5.02 Å². The van der Waals surface area contributed by atoms with E-state index in [9.17, 15) is 18.0 Å². The van der Waals surface area contributed by atoms with E-state index in [0.29, 0.717) is 24.8 Å². The van der Waals surface area contributed by atoms with Crippen LogP contribution in [0.25, 0.3) is 5.82 Å². The van der Waals surface area contributed by atoms with E-state index in [2.05, 4.69) is 15.1 Å². The molecule has 3 rings (SSSR count). The Balaban J connectivity index is 1.83. The maximum Gasteiger partial charge on any atom is 0.417 e. The zero-order valence-electron chi connectivity index (χ0n) is 13.9. The van der Waals surface area contributed by atoms with Crippen LogP contribution < -0.4 is 10.5 Å². The third kappa shape index (κ3) is 4.28. The van der Waals surface area contributed by atoms with Gasteiger partial charge in [-0.15, -0.1) is 11.3 Å². The first-order valence-corrected chi connectivity index (χ1v) is 8.94. The molecule has 0 atom stereocenters. The zero-order chi connectivity index (χ0) is 19.6. The van der Waals surface area contributed by atoms with E-state index < -0.39 is 17.3 Å². The number of alkyl halides is 3. The first-order chi connectivity index (χ1) is 12.8. The first-order valence-electron chi connectivity index (χ1n) is 7.68. The van der Waals surface area contributed by atoms with Gasteiger partial charge in [0.05, 0.1) is 22.5 Å². The summed E-state index contributed by atoms with van der Waals surface area (Å²) in [4.78, 5) is 22.1. The van der Waals surface area contributed by atoms with Crippen LogP contribution in [-0.4, -0.2) is 33.3 Å². The molecule has 0 aliphatic heterocycles. The Kier molecular flexibility index (Phi) is 5.47. The molecule has 0 aliphatic rings. The van der Waals surface area contributed by atoms with Crippen LogP contribution in [-0.2, 0) is 12.6 Å². The molecule has 0 saturated heterocycles. The van der Waals surface area contributed by atoms with Crippen molar-refractivity contribution in [3.8, 4) is 5.82 Å². The molecule has 3 aromatic rings. The fourth-order valence-corrected chi connectivity index (χ4v) is 3.18. The Labute approximate surface area is 160 Å². The molecule has 0 radical (unpaired) electrons. The van der Waals surface area contributed by atoms with E-state index >= 15 is 0 Å². The molecule has 0 aromatic carbocycles. The van der Waals surface area contributed by atoms with Gasteiger partial charge >= 0.3 is 6.18 Å². The van der Waals surface area contributed by atoms with E-state index in [1.807, 2.05) is 5.38 Å². The Morgan fingerprint density at radius 2 is 2.04 bits per heavy atom. The normalized spacial score (nSPS) is 11.6. The monoisotopic (exact) mass is 415 g/mol. The number of thiazole rings is 1. The van der Waals surface area contributed by atoms with Gasteiger partial charge in [0.25, 0.3) is 5.56 Å². The highest BCUT2D eigenvalue weighted by molar-refractivity contribution is 7.09. The smallest absolute Gasteiger partial charge is 0.372 e. The van der Waals surface area contributed by atoms with Crippen molar-refractivity contribution in [1.82, 2.24) is 19.7 Å². The number of rotatable bonds is 5. The van der Waals surface area contributed by atoms with Crippen molar-refractivity contribution in [1.29, 1.82) is 0 Å². The Bertz CT molecular complexity index is 973. The second-order valence-corrected chi connectivity index (χ2v) is 6.92. The van der Waals surface area contributed by atoms with Crippen LogP contribution in [0.2, 0.25) is 5.02 Å². The molecule has 0 saturated carbocycles. The minimum Gasteiger partial charge on any atom is -0.372 e. The van der Waals surface area contributed by atoms with Crippen molar-refractivity contribution >= 4 is 28.6 Å². The van der Waals surface area contributed by atoms with Gasteiger partial charge in [0.15, 0.2) is 5.82 Å². The van der Waals surface area contributed by atoms with Gasteiger partial charge in [-0.3, -0.25) is 4.79 Å². The predicted octanol–water partition coefficient (Wildman–Crippen LogP) is 3.44. The molecule has 0 amide bonds. The lowest BCUT2D eigenvalue weighted by Crippen LogP contribution is -2.28. The fourth-order valence-electron chi connectivity index (χ4n) is 2.29. The molecule has 0 spiro atoms. The summed E-state index contributed by atoms with van der Waals surface area (Å²) < 4.78 is 38.7. The van der Waals surface area contributed by atoms with Crippen LogP contribution in [0.4, 0.5) is 18.9 Å². The topological polar surface area (TPSA) is 63.9 Å². The van der Waals surface area contributed by atoms with Crippen LogP contribution in [0.1, 0.15) is 10.6 Å². The number of likely N-dealkylation sites (N-methyl/N-ethyl adjacent to an activating group) is 1. The van der Waals surface area contributed by atoms with Gasteiger partial charge in [-0.05, 0) is 12.1 Å². The van der Waals surface area contributed by atoms with E-state index in [0.717, 1.165) is 21.8 Å². The molecule has 0 unspecified atom stereocenters. The number of hydrogen-bond acceptors (Lipinski definition) is 6. The summed E-state index contributed by atoms with van der Waals surface area (Å²) in [6, 6.07) is 1.90. The minimum absolute atomic E-state index is 0.0492. The maximum absolute atomic E-state index is 12.6. The van der Waals surface area contributed by atoms with Crippen LogP contribution >= 0.6 is 22.9 Å². The quantitative estimate of drug-likeness (QED) is 0.638. The van der Waals surface area contributed by atoms with Gasteiger partial charge in [0.2, 0.25) is 0 Å². The molecule has 3 aromatic heterocycles. The van der Waals surface area contributed by atoms with E-state index in [4.69, 9.17) is 11.6 Å². The van der Waals surface area contributed by atoms with E-state index in [1.165, 1.54) is 17.5 Å². The van der Waals surface area contributed by atoms with Crippen LogP contribution in [0.5, 0.6) is 0 Å². The molecule has 0 aliphatic carbocycles. The first kappa shape index (κ1) is 19.3. The highest BCUT2D eigenvalue weighted by atomic mass is 35.5. The minimum atomic E-state index is -4.51. The van der Waals surface area contributed by atoms with Crippen molar-refractivity contribution < 1.29 is 13.2 Å². The number of nitrogens with zero attached hydrogens (tertiary/aromatic N) is 5. The third-order valence-corrected chi connectivity index (χ3v) is 4.94. The Morgan fingerprint density at radius 3 is 2.63 bits per heavy atom. The molecule has 0 bridgehead atoms. The Morgan fingerprint density at radius 1 is 1.26 bits per heavy atom. The summed E-state index contributed by atoms with van der Waals surface area (Å²) in [7, 11) is 1.76. The number of halogens is 4. The molecular weight excluding hydrogens is 403 g/mol. The van der Waals surface area contributed by atoms with Crippen LogP contribution in [0, 0.1) is 0 Å². The Hall–Kier alpha value is -2.46. The van der Waals surface area contributed by atoms with Gasteiger partial charge in [-0.25, -0.2) is 9.97 Å². The molecule has 27 heavy (non-hydrogen) atoms. The van der Waals surface area contributed by atoms with Crippen LogP contribution in [0.15, 0.2) is 40.9 Å². The lowest BCUT2D eigenvalue weighted by atomic mass is 10.3. The summed E-state index contributed by atoms with van der Waals surface area (Å²) in [6.07, 6.45) is -0.0945. The second-order valence-electron chi connectivity index (χ2n) is 5.56. The van der Waals surface area contributed by atoms with Crippen molar-refractivity contribution in [3.05, 3.63) is 62.1 Å². The highest BCUT2D eigenvalue weighted by Crippen LogP contribution is 2.28. The highest BCUT2D eigenvalue weighted by Gasteiger charge is 2.30. The third-order valence-electron chi connectivity index (χ3n) is 3.75. The van der Waals surface area contributed by atoms with Gasteiger partial charge < -0.3 is 4.90 Å². The number of hydrogen-bond donors (Lipinski definition) is 0. The SMILES string of the molecule is CN(CCc1nccs1)c1cnn(-c2ccc(C(F)(F)F)cn2)c(=O)c1Cl. The molecule has 142 valence electrons. The van der Waals surface area contributed by atoms with Crippen molar-refractivity contribution in [2.75, 3.05) is 18.5 Å². The van der Waals surface area contributed by atoms with E-state index in [1.54, 1.807) is 18.1 Å². The standard InChI is InChI=1S/C16H13ClF3N5OS/c1-24(6-4-13-21-5-7-27-13)11-9-23-25(15(26)14(11)17)12-3-2-10(8-22-12)16(18,19)20/h2-3,5,7-9H,4,6H2,1H3. The lowest BCUT2D eigenvalue weighted by Gasteiger charge is -2.19. The molecule has 0 N–H and O–H groups in total. The van der Waals surface area contributed by atoms with Crippen molar-refractivity contribution in [2.24, 2.45) is 0 Å². The molecular formula is C16H13ClF3N5OS. The second kappa shape index (κ2) is 7.65. The average Bonchev–Trinajstić information content (AvgIpc) is 3.15. The molecule has 6 nitrogen and oxygen atoms in total. The summed E-state index contributed by atoms with van der Waals surface area (Å²) in [5, 5.41) is 6.73. The van der Waals surface area contributed by atoms with Crippen molar-refractivity contribution in [2.45, 2.75) is 12.6 Å². The molecule has 3 heterocycles. The predicted molar refractivity (Wildman–Crippen MR) is 96.7 cm³/mol. The lowest BCUT2D eigenvalue weighted by molar-refractivity contribution is -0.137. The summed E-state index contributed by atoms with van der Waals surface area (Å²) in [5.41, 5.74) is -1.16. The summed E-state index contributed by atoms with van der Waals surface area (Å²) >= 11 is 7.70.